The van der Waals surface area contributed by atoms with E-state index in [1.807, 2.05) is 39.0 Å². The molecule has 6 nitrogen and oxygen atoms in total. The van der Waals surface area contributed by atoms with Gasteiger partial charge in [-0.25, -0.2) is 15.4 Å². The molecule has 2 rings (SSSR count). The highest BCUT2D eigenvalue weighted by atomic mass is 16.3. The summed E-state index contributed by atoms with van der Waals surface area (Å²) in [6.45, 7) is 12.6. The van der Waals surface area contributed by atoms with Gasteiger partial charge in [-0.15, -0.1) is 0 Å². The first-order valence-electron chi connectivity index (χ1n) is 8.60. The Labute approximate surface area is 149 Å². The van der Waals surface area contributed by atoms with Crippen LogP contribution in [0.4, 0.5) is 5.95 Å². The van der Waals surface area contributed by atoms with Crippen LogP contribution >= 0.6 is 0 Å². The molecule has 0 saturated heterocycles. The predicted octanol–water partition coefficient (Wildman–Crippen LogP) is 3.48. The highest BCUT2D eigenvalue weighted by molar-refractivity contribution is 5.99. The number of nitrogens with one attached hydrogen (secondary N) is 1. The fourth-order valence-electron chi connectivity index (χ4n) is 2.60. The van der Waals surface area contributed by atoms with Crippen molar-refractivity contribution in [3.63, 3.8) is 0 Å². The Hall–Kier alpha value is -2.47. The van der Waals surface area contributed by atoms with Gasteiger partial charge in [-0.3, -0.25) is 4.90 Å². The van der Waals surface area contributed by atoms with Crippen molar-refractivity contribution in [1.29, 1.82) is 0 Å². The van der Waals surface area contributed by atoms with Crippen LogP contribution in [0.3, 0.4) is 0 Å². The lowest BCUT2D eigenvalue weighted by molar-refractivity contribution is 0.291. The molecule has 0 aliphatic rings. The third-order valence-corrected chi connectivity index (χ3v) is 4.09. The molecule has 2 aromatic rings. The zero-order chi connectivity index (χ0) is 18.4. The van der Waals surface area contributed by atoms with E-state index in [1.54, 1.807) is 6.07 Å². The van der Waals surface area contributed by atoms with E-state index < -0.39 is 0 Å². The van der Waals surface area contributed by atoms with E-state index in [-0.39, 0.29) is 0 Å². The minimum Gasteiger partial charge on any atom is -0.508 e. The van der Waals surface area contributed by atoms with Crippen molar-refractivity contribution >= 4 is 11.7 Å². The van der Waals surface area contributed by atoms with Gasteiger partial charge in [0.15, 0.2) is 0 Å². The third-order valence-electron chi connectivity index (χ3n) is 4.09. The second-order valence-corrected chi connectivity index (χ2v) is 6.09. The number of hydrogen-bond donors (Lipinski definition) is 2. The molecule has 0 aliphatic carbocycles. The Balaban J connectivity index is 2.19. The Bertz CT molecular complexity index is 733. The van der Waals surface area contributed by atoms with Crippen LogP contribution in [0.1, 0.15) is 43.3 Å². The number of benzene rings is 1. The Morgan fingerprint density at radius 3 is 2.36 bits per heavy atom. The lowest BCUT2D eigenvalue weighted by Crippen LogP contribution is -2.22. The van der Waals surface area contributed by atoms with E-state index >= 15 is 0 Å². The Morgan fingerprint density at radius 2 is 1.76 bits per heavy atom. The van der Waals surface area contributed by atoms with Gasteiger partial charge in [0.25, 0.3) is 0 Å². The molecule has 1 aromatic carbocycles. The Morgan fingerprint density at radius 1 is 1.12 bits per heavy atom. The molecule has 0 aliphatic heterocycles. The number of anilines is 1. The quantitative estimate of drug-likeness (QED) is 0.596. The summed E-state index contributed by atoms with van der Waals surface area (Å²) in [4.78, 5) is 10.9. The molecule has 6 heteroatoms. The van der Waals surface area contributed by atoms with Crippen molar-refractivity contribution < 1.29 is 5.11 Å². The van der Waals surface area contributed by atoms with Crippen molar-refractivity contribution in [1.82, 2.24) is 14.9 Å². The average Bonchev–Trinajstić information content (AvgIpc) is 2.58. The SMILES string of the molecule is CCN(CC)Cc1cc(/C(C)=N/Nc2nc(C)cc(C)n2)ccc1O. The van der Waals surface area contributed by atoms with Crippen molar-refractivity contribution in [2.45, 2.75) is 41.2 Å². The number of nitrogens with zero attached hydrogens (tertiary/aromatic N) is 4. The molecule has 134 valence electrons. The molecule has 0 unspecified atom stereocenters. The largest absolute Gasteiger partial charge is 0.508 e. The number of aromatic hydroxyl groups is 1. The van der Waals surface area contributed by atoms with Gasteiger partial charge in [0.1, 0.15) is 5.75 Å². The van der Waals surface area contributed by atoms with E-state index in [9.17, 15) is 5.11 Å². The van der Waals surface area contributed by atoms with Crippen LogP contribution in [-0.2, 0) is 6.54 Å². The zero-order valence-corrected chi connectivity index (χ0v) is 15.7. The zero-order valence-electron chi connectivity index (χ0n) is 15.7. The monoisotopic (exact) mass is 341 g/mol. The van der Waals surface area contributed by atoms with Gasteiger partial charge in [-0.2, -0.15) is 5.10 Å². The highest BCUT2D eigenvalue weighted by Crippen LogP contribution is 2.21. The number of hydrazone groups is 1. The number of rotatable bonds is 7. The normalized spacial score (nSPS) is 11.8. The van der Waals surface area contributed by atoms with E-state index in [2.05, 4.69) is 39.2 Å². The van der Waals surface area contributed by atoms with Crippen molar-refractivity contribution in [3.8, 4) is 5.75 Å². The van der Waals surface area contributed by atoms with Gasteiger partial charge in [-0.05, 0) is 63.7 Å². The first-order valence-corrected chi connectivity index (χ1v) is 8.60. The van der Waals surface area contributed by atoms with Crippen molar-refractivity contribution in [3.05, 3.63) is 46.8 Å². The number of hydrogen-bond acceptors (Lipinski definition) is 6. The van der Waals surface area contributed by atoms with Crippen LogP contribution in [0.5, 0.6) is 5.75 Å². The lowest BCUT2D eigenvalue weighted by Gasteiger charge is -2.19. The van der Waals surface area contributed by atoms with Gasteiger partial charge in [0.2, 0.25) is 5.95 Å². The van der Waals surface area contributed by atoms with Crippen LogP contribution in [0.15, 0.2) is 29.4 Å². The molecular formula is C19H27N5O. The first kappa shape index (κ1) is 18.9. The van der Waals surface area contributed by atoms with E-state index in [0.29, 0.717) is 18.2 Å². The minimum absolute atomic E-state index is 0.314. The molecular weight excluding hydrogens is 314 g/mol. The molecule has 1 heterocycles. The molecule has 25 heavy (non-hydrogen) atoms. The Kier molecular flexibility index (Phi) is 6.47. The smallest absolute Gasteiger partial charge is 0.243 e. The summed E-state index contributed by atoms with van der Waals surface area (Å²) in [5.41, 5.74) is 7.37. The van der Waals surface area contributed by atoms with E-state index in [4.69, 9.17) is 0 Å². The standard InChI is InChI=1S/C19H27N5O/c1-6-24(7-2)12-17-11-16(8-9-18(17)25)15(5)22-23-19-20-13(3)10-14(4)21-19/h8-11,25H,6-7,12H2,1-5H3,(H,20,21,23)/b22-15+. The molecule has 2 N–H and O–H groups in total. The molecule has 0 saturated carbocycles. The van der Waals surface area contributed by atoms with Gasteiger partial charge in [0.05, 0.1) is 5.71 Å². The van der Waals surface area contributed by atoms with E-state index in [1.165, 1.54) is 0 Å². The fraction of sp³-hybridized carbons (Fsp3) is 0.421. The summed E-state index contributed by atoms with van der Waals surface area (Å²) >= 11 is 0. The molecule has 0 bridgehead atoms. The average molecular weight is 341 g/mol. The molecule has 1 aromatic heterocycles. The lowest BCUT2D eigenvalue weighted by atomic mass is 10.1. The summed E-state index contributed by atoms with van der Waals surface area (Å²) in [5.74, 6) is 0.799. The summed E-state index contributed by atoms with van der Waals surface area (Å²) in [6, 6.07) is 7.49. The van der Waals surface area contributed by atoms with Crippen LogP contribution in [0.25, 0.3) is 0 Å². The van der Waals surface area contributed by atoms with Crippen LogP contribution < -0.4 is 5.43 Å². The summed E-state index contributed by atoms with van der Waals surface area (Å²) in [7, 11) is 0. The molecule has 0 fully saturated rings. The van der Waals surface area contributed by atoms with Gasteiger partial charge in [0, 0.05) is 23.5 Å². The maximum Gasteiger partial charge on any atom is 0.243 e. The third kappa shape index (κ3) is 5.26. The fourth-order valence-corrected chi connectivity index (χ4v) is 2.60. The highest BCUT2D eigenvalue weighted by Gasteiger charge is 2.09. The molecule has 0 spiro atoms. The summed E-state index contributed by atoms with van der Waals surface area (Å²) in [6.07, 6.45) is 0. The van der Waals surface area contributed by atoms with Crippen LogP contribution in [0, 0.1) is 13.8 Å². The molecule has 0 radical (unpaired) electrons. The topological polar surface area (TPSA) is 73.6 Å². The van der Waals surface area contributed by atoms with Crippen molar-refractivity contribution in [2.24, 2.45) is 5.10 Å². The van der Waals surface area contributed by atoms with Gasteiger partial charge < -0.3 is 5.11 Å². The first-order chi connectivity index (χ1) is 11.9. The summed E-state index contributed by atoms with van der Waals surface area (Å²) in [5, 5.41) is 14.5. The van der Waals surface area contributed by atoms with Crippen LogP contribution in [0.2, 0.25) is 0 Å². The minimum atomic E-state index is 0.314. The molecule has 0 amide bonds. The maximum absolute atomic E-state index is 10.1. The number of phenolic OH excluding ortho intramolecular Hbond substituents is 1. The van der Waals surface area contributed by atoms with Gasteiger partial charge >= 0.3 is 0 Å². The van der Waals surface area contributed by atoms with Gasteiger partial charge in [-0.1, -0.05) is 13.8 Å². The number of aryl methyl sites for hydroxylation is 2. The second-order valence-electron chi connectivity index (χ2n) is 6.09. The summed E-state index contributed by atoms with van der Waals surface area (Å²) < 4.78 is 0. The van der Waals surface area contributed by atoms with Crippen molar-refractivity contribution in [2.75, 3.05) is 18.5 Å². The molecule has 0 atom stereocenters. The number of aromatic nitrogens is 2. The predicted molar refractivity (Wildman–Crippen MR) is 102 cm³/mol. The maximum atomic E-state index is 10.1. The van der Waals surface area contributed by atoms with E-state index in [0.717, 1.165) is 41.3 Å². The number of phenols is 1. The second kappa shape index (κ2) is 8.58. The van der Waals surface area contributed by atoms with Crippen LogP contribution in [-0.4, -0.2) is 38.8 Å².